The van der Waals surface area contributed by atoms with E-state index >= 15 is 0 Å². The number of carbonyl (C=O) groups is 2. The fraction of sp³-hybridized carbons (Fsp3) is 0.857. The van der Waals surface area contributed by atoms with Crippen LogP contribution in [0.25, 0.3) is 0 Å². The molecule has 1 aliphatic rings. The molecule has 1 rings (SSSR count). The summed E-state index contributed by atoms with van der Waals surface area (Å²) >= 11 is 0. The van der Waals surface area contributed by atoms with E-state index in [9.17, 15) is 9.59 Å². The van der Waals surface area contributed by atoms with E-state index in [1.165, 1.54) is 0 Å². The predicted molar refractivity (Wildman–Crippen MR) is 68.2 cm³/mol. The number of ether oxygens (including phenoxy) is 2. The van der Waals surface area contributed by atoms with E-state index in [0.717, 1.165) is 6.42 Å². The van der Waals surface area contributed by atoms with E-state index in [2.05, 4.69) is 20.8 Å². The Morgan fingerprint density at radius 3 is 2.61 bits per heavy atom. The van der Waals surface area contributed by atoms with Crippen LogP contribution in [0, 0.1) is 10.8 Å². The summed E-state index contributed by atoms with van der Waals surface area (Å²) in [6.07, 6.45) is 1.61. The quantitative estimate of drug-likeness (QED) is 0.572. The molecular formula is C14H24O4. The van der Waals surface area contributed by atoms with E-state index in [0.29, 0.717) is 26.1 Å². The standard InChI is InChI=1S/C14H24O4/c1-5-18-12(16)14(8-7-13(2,3)4)10-17-9-6-11(14)15/h5-10H2,1-4H3. The predicted octanol–water partition coefficient (Wildman–Crippen LogP) is 2.35. The number of carbonyl (C=O) groups excluding carboxylic acids is 2. The van der Waals surface area contributed by atoms with Crippen molar-refractivity contribution in [3.05, 3.63) is 0 Å². The first-order valence-corrected chi connectivity index (χ1v) is 6.60. The fourth-order valence-corrected chi connectivity index (χ4v) is 2.08. The molecular weight excluding hydrogens is 232 g/mol. The van der Waals surface area contributed by atoms with Gasteiger partial charge in [-0.1, -0.05) is 20.8 Å². The van der Waals surface area contributed by atoms with E-state index in [4.69, 9.17) is 9.47 Å². The second kappa shape index (κ2) is 5.83. The Kier molecular flexibility index (Phi) is 4.91. The van der Waals surface area contributed by atoms with Crippen LogP contribution < -0.4 is 0 Å². The normalized spacial score (nSPS) is 25.0. The summed E-state index contributed by atoms with van der Waals surface area (Å²) in [4.78, 5) is 24.3. The van der Waals surface area contributed by atoms with Crippen molar-refractivity contribution in [1.29, 1.82) is 0 Å². The van der Waals surface area contributed by atoms with Crippen LogP contribution in [0.1, 0.15) is 47.0 Å². The summed E-state index contributed by atoms with van der Waals surface area (Å²) in [5.74, 6) is -0.449. The zero-order chi connectivity index (χ0) is 13.8. The lowest BCUT2D eigenvalue weighted by Gasteiger charge is -2.35. The van der Waals surface area contributed by atoms with Gasteiger partial charge in [-0.2, -0.15) is 0 Å². The van der Waals surface area contributed by atoms with E-state index in [-0.39, 0.29) is 17.8 Å². The van der Waals surface area contributed by atoms with Crippen molar-refractivity contribution in [2.24, 2.45) is 10.8 Å². The van der Waals surface area contributed by atoms with Crippen LogP contribution in [0.4, 0.5) is 0 Å². The van der Waals surface area contributed by atoms with Crippen molar-refractivity contribution >= 4 is 11.8 Å². The third-order valence-corrected chi connectivity index (χ3v) is 3.32. The molecule has 0 aromatic carbocycles. The average Bonchev–Trinajstić information content (AvgIpc) is 2.27. The van der Waals surface area contributed by atoms with Crippen LogP contribution in [0.3, 0.4) is 0 Å². The summed E-state index contributed by atoms with van der Waals surface area (Å²) in [7, 11) is 0. The minimum absolute atomic E-state index is 0.0311. The molecule has 0 spiro atoms. The van der Waals surface area contributed by atoms with Gasteiger partial charge in [0.2, 0.25) is 0 Å². The summed E-state index contributed by atoms with van der Waals surface area (Å²) in [6.45, 7) is 8.92. The van der Waals surface area contributed by atoms with E-state index in [1.807, 2.05) is 0 Å². The molecule has 0 aromatic rings. The lowest BCUT2D eigenvalue weighted by molar-refractivity contribution is -0.170. The second-order valence-electron chi connectivity index (χ2n) is 6.09. The third-order valence-electron chi connectivity index (χ3n) is 3.32. The topological polar surface area (TPSA) is 52.6 Å². The minimum Gasteiger partial charge on any atom is -0.465 e. The Morgan fingerprint density at radius 1 is 1.44 bits per heavy atom. The minimum atomic E-state index is -1.07. The Hall–Kier alpha value is -0.900. The lowest BCUT2D eigenvalue weighted by atomic mass is 9.73. The van der Waals surface area contributed by atoms with E-state index < -0.39 is 11.4 Å². The van der Waals surface area contributed by atoms with Crippen LogP contribution in [-0.4, -0.2) is 31.6 Å². The van der Waals surface area contributed by atoms with Gasteiger partial charge in [-0.15, -0.1) is 0 Å². The number of Topliss-reactive ketones (excluding diaryl/α,β-unsaturated/α-hetero) is 1. The highest BCUT2D eigenvalue weighted by Gasteiger charge is 2.49. The van der Waals surface area contributed by atoms with Gasteiger partial charge in [-0.25, -0.2) is 0 Å². The van der Waals surface area contributed by atoms with Gasteiger partial charge < -0.3 is 9.47 Å². The molecule has 1 unspecified atom stereocenters. The van der Waals surface area contributed by atoms with Crippen LogP contribution in [0.5, 0.6) is 0 Å². The molecule has 0 N–H and O–H groups in total. The highest BCUT2D eigenvalue weighted by molar-refractivity contribution is 6.04. The summed E-state index contributed by atoms with van der Waals surface area (Å²) in [5, 5.41) is 0. The van der Waals surface area contributed by atoms with Crippen molar-refractivity contribution in [3.63, 3.8) is 0 Å². The number of ketones is 1. The largest absolute Gasteiger partial charge is 0.465 e. The van der Waals surface area contributed by atoms with Gasteiger partial charge in [-0.05, 0) is 25.2 Å². The van der Waals surface area contributed by atoms with Crippen LogP contribution >= 0.6 is 0 Å². The molecule has 1 fully saturated rings. The molecule has 0 aliphatic carbocycles. The first kappa shape index (κ1) is 15.2. The molecule has 4 heteroatoms. The average molecular weight is 256 g/mol. The fourth-order valence-electron chi connectivity index (χ4n) is 2.08. The van der Waals surface area contributed by atoms with Crippen molar-refractivity contribution in [3.8, 4) is 0 Å². The van der Waals surface area contributed by atoms with Crippen molar-refractivity contribution in [2.75, 3.05) is 19.8 Å². The highest BCUT2D eigenvalue weighted by Crippen LogP contribution is 2.36. The maximum Gasteiger partial charge on any atom is 0.322 e. The summed E-state index contributed by atoms with van der Waals surface area (Å²) in [5.41, 5.74) is -0.987. The van der Waals surface area contributed by atoms with Gasteiger partial charge in [0.1, 0.15) is 5.41 Å². The van der Waals surface area contributed by atoms with Gasteiger partial charge >= 0.3 is 5.97 Å². The second-order valence-corrected chi connectivity index (χ2v) is 6.09. The Morgan fingerprint density at radius 2 is 2.11 bits per heavy atom. The third kappa shape index (κ3) is 3.55. The van der Waals surface area contributed by atoms with Crippen molar-refractivity contribution in [2.45, 2.75) is 47.0 Å². The van der Waals surface area contributed by atoms with Crippen molar-refractivity contribution < 1.29 is 19.1 Å². The number of esters is 1. The Balaban J connectivity index is 2.86. The molecule has 1 heterocycles. The number of hydrogen-bond donors (Lipinski definition) is 0. The Bertz CT molecular complexity index is 316. The van der Waals surface area contributed by atoms with Crippen LogP contribution in [0.2, 0.25) is 0 Å². The molecule has 1 saturated heterocycles. The molecule has 18 heavy (non-hydrogen) atoms. The molecule has 0 bridgehead atoms. The molecule has 0 amide bonds. The van der Waals surface area contributed by atoms with Crippen LogP contribution in [0.15, 0.2) is 0 Å². The molecule has 0 aromatic heterocycles. The zero-order valence-electron chi connectivity index (χ0n) is 11.9. The summed E-state index contributed by atoms with van der Waals surface area (Å²) < 4.78 is 10.4. The van der Waals surface area contributed by atoms with E-state index in [1.54, 1.807) is 6.92 Å². The number of hydrogen-bond acceptors (Lipinski definition) is 4. The maximum atomic E-state index is 12.2. The van der Waals surface area contributed by atoms with Gasteiger partial charge in [0.25, 0.3) is 0 Å². The molecule has 0 saturated carbocycles. The first-order valence-electron chi connectivity index (χ1n) is 6.60. The summed E-state index contributed by atoms with van der Waals surface area (Å²) in [6, 6.07) is 0. The molecule has 1 atom stereocenters. The van der Waals surface area contributed by atoms with Gasteiger partial charge in [0.05, 0.1) is 19.8 Å². The number of rotatable bonds is 4. The van der Waals surface area contributed by atoms with Gasteiger partial charge in [-0.3, -0.25) is 9.59 Å². The molecule has 4 nitrogen and oxygen atoms in total. The van der Waals surface area contributed by atoms with Gasteiger partial charge in [0, 0.05) is 6.42 Å². The molecule has 0 radical (unpaired) electrons. The first-order chi connectivity index (χ1) is 8.32. The van der Waals surface area contributed by atoms with Gasteiger partial charge in [0.15, 0.2) is 5.78 Å². The zero-order valence-corrected chi connectivity index (χ0v) is 11.9. The maximum absolute atomic E-state index is 12.2. The van der Waals surface area contributed by atoms with Crippen molar-refractivity contribution in [1.82, 2.24) is 0 Å². The lowest BCUT2D eigenvalue weighted by Crippen LogP contribution is -2.48. The Labute approximate surface area is 109 Å². The monoisotopic (exact) mass is 256 g/mol. The SMILES string of the molecule is CCOC(=O)C1(CCC(C)(C)C)COCCC1=O. The van der Waals surface area contributed by atoms with Crippen LogP contribution in [-0.2, 0) is 19.1 Å². The molecule has 1 aliphatic heterocycles. The highest BCUT2D eigenvalue weighted by atomic mass is 16.5. The smallest absolute Gasteiger partial charge is 0.322 e. The molecule has 104 valence electrons.